The molecule has 0 saturated carbocycles. The standard InChI is InChI=1S/C19H14O2/c20-19-15-7-3-1-5-13(15)9-11-16(19)18-12-10-14-6-2-4-8-17(14)21-18/h1-12,18,20H. The third-order valence-electron chi connectivity index (χ3n) is 3.86. The maximum absolute atomic E-state index is 10.5. The predicted octanol–water partition coefficient (Wildman–Crippen LogP) is 4.69. The minimum Gasteiger partial charge on any atom is -0.507 e. The average molecular weight is 274 g/mol. The molecule has 1 aliphatic rings. The first-order valence-electron chi connectivity index (χ1n) is 6.97. The number of phenolic OH excluding ortho intramolecular Hbond substituents is 1. The van der Waals surface area contributed by atoms with E-state index in [9.17, 15) is 5.11 Å². The van der Waals surface area contributed by atoms with Gasteiger partial charge in [-0.3, -0.25) is 0 Å². The molecule has 0 amide bonds. The lowest BCUT2D eigenvalue weighted by Gasteiger charge is -2.22. The second-order valence-corrected chi connectivity index (χ2v) is 5.16. The van der Waals surface area contributed by atoms with Gasteiger partial charge in [0.05, 0.1) is 0 Å². The van der Waals surface area contributed by atoms with Crippen LogP contribution in [0.1, 0.15) is 17.2 Å². The molecule has 2 heteroatoms. The summed E-state index contributed by atoms with van der Waals surface area (Å²) in [7, 11) is 0. The van der Waals surface area contributed by atoms with Crippen molar-refractivity contribution in [1.29, 1.82) is 0 Å². The van der Waals surface area contributed by atoms with E-state index in [1.165, 1.54) is 0 Å². The highest BCUT2D eigenvalue weighted by Crippen LogP contribution is 2.38. The zero-order chi connectivity index (χ0) is 14.2. The summed E-state index contributed by atoms with van der Waals surface area (Å²) in [5, 5.41) is 12.4. The summed E-state index contributed by atoms with van der Waals surface area (Å²) < 4.78 is 6.00. The van der Waals surface area contributed by atoms with Crippen LogP contribution in [-0.4, -0.2) is 5.11 Å². The molecule has 3 aromatic carbocycles. The number of aromatic hydroxyl groups is 1. The van der Waals surface area contributed by atoms with E-state index in [0.29, 0.717) is 5.75 Å². The Morgan fingerprint density at radius 3 is 2.62 bits per heavy atom. The summed E-state index contributed by atoms with van der Waals surface area (Å²) in [5.41, 5.74) is 1.86. The Bertz CT molecular complexity index is 849. The molecule has 102 valence electrons. The maximum atomic E-state index is 10.5. The van der Waals surface area contributed by atoms with Gasteiger partial charge in [-0.2, -0.15) is 0 Å². The average Bonchev–Trinajstić information content (AvgIpc) is 2.55. The fourth-order valence-corrected chi connectivity index (χ4v) is 2.76. The molecule has 0 aliphatic carbocycles. The lowest BCUT2D eigenvalue weighted by atomic mass is 9.99. The Balaban J connectivity index is 1.80. The molecule has 0 fully saturated rings. The third-order valence-corrected chi connectivity index (χ3v) is 3.86. The van der Waals surface area contributed by atoms with E-state index in [-0.39, 0.29) is 6.10 Å². The number of phenols is 1. The number of rotatable bonds is 1. The molecule has 21 heavy (non-hydrogen) atoms. The van der Waals surface area contributed by atoms with E-state index in [4.69, 9.17) is 4.74 Å². The molecular weight excluding hydrogens is 260 g/mol. The van der Waals surface area contributed by atoms with Gasteiger partial charge in [-0.25, -0.2) is 0 Å². The summed E-state index contributed by atoms with van der Waals surface area (Å²) >= 11 is 0. The van der Waals surface area contributed by atoms with E-state index < -0.39 is 0 Å². The second kappa shape index (κ2) is 4.67. The van der Waals surface area contributed by atoms with Crippen LogP contribution >= 0.6 is 0 Å². The van der Waals surface area contributed by atoms with Crippen LogP contribution in [-0.2, 0) is 0 Å². The Morgan fingerprint density at radius 2 is 1.67 bits per heavy atom. The van der Waals surface area contributed by atoms with Crippen molar-refractivity contribution in [1.82, 2.24) is 0 Å². The third kappa shape index (κ3) is 1.96. The van der Waals surface area contributed by atoms with E-state index in [0.717, 1.165) is 27.6 Å². The van der Waals surface area contributed by atoms with Crippen LogP contribution in [0.3, 0.4) is 0 Å². The molecule has 0 saturated heterocycles. The molecule has 0 bridgehead atoms. The lowest BCUT2D eigenvalue weighted by Crippen LogP contribution is -2.09. The topological polar surface area (TPSA) is 29.5 Å². The van der Waals surface area contributed by atoms with Gasteiger partial charge in [-0.05, 0) is 17.5 Å². The fourth-order valence-electron chi connectivity index (χ4n) is 2.76. The van der Waals surface area contributed by atoms with Gasteiger partial charge in [0.2, 0.25) is 0 Å². The van der Waals surface area contributed by atoms with Crippen LogP contribution < -0.4 is 4.74 Å². The van der Waals surface area contributed by atoms with Gasteiger partial charge in [0.1, 0.15) is 17.6 Å². The van der Waals surface area contributed by atoms with Crippen molar-refractivity contribution in [2.45, 2.75) is 6.10 Å². The minimum absolute atomic E-state index is 0.260. The van der Waals surface area contributed by atoms with Crippen LogP contribution in [0.15, 0.2) is 66.7 Å². The number of fused-ring (bicyclic) bond motifs is 2. The lowest BCUT2D eigenvalue weighted by molar-refractivity contribution is 0.247. The van der Waals surface area contributed by atoms with Crippen LogP contribution in [0, 0.1) is 0 Å². The Kier molecular flexibility index (Phi) is 2.68. The molecule has 1 aliphatic heterocycles. The first-order chi connectivity index (χ1) is 10.3. The Hall–Kier alpha value is -2.74. The van der Waals surface area contributed by atoms with E-state index in [2.05, 4.69) is 0 Å². The largest absolute Gasteiger partial charge is 0.507 e. The van der Waals surface area contributed by atoms with Gasteiger partial charge in [0.25, 0.3) is 0 Å². The van der Waals surface area contributed by atoms with Gasteiger partial charge < -0.3 is 9.84 Å². The predicted molar refractivity (Wildman–Crippen MR) is 84.5 cm³/mol. The zero-order valence-corrected chi connectivity index (χ0v) is 11.4. The SMILES string of the molecule is Oc1c(C2C=Cc3ccccc3O2)ccc2ccccc12. The minimum atomic E-state index is -0.260. The van der Waals surface area contributed by atoms with Crippen molar-refractivity contribution >= 4 is 16.8 Å². The first-order valence-corrected chi connectivity index (χ1v) is 6.97. The molecule has 1 N–H and O–H groups in total. The fraction of sp³-hybridized carbons (Fsp3) is 0.0526. The summed E-state index contributed by atoms with van der Waals surface area (Å²) in [6.45, 7) is 0. The molecule has 1 heterocycles. The number of para-hydroxylation sites is 1. The van der Waals surface area contributed by atoms with Gasteiger partial charge in [0.15, 0.2) is 0 Å². The number of hydrogen-bond donors (Lipinski definition) is 1. The Labute approximate surface area is 122 Å². The van der Waals surface area contributed by atoms with Crippen molar-refractivity contribution in [3.05, 3.63) is 77.9 Å². The monoisotopic (exact) mass is 274 g/mol. The molecular formula is C19H14O2. The van der Waals surface area contributed by atoms with Gasteiger partial charge >= 0.3 is 0 Å². The van der Waals surface area contributed by atoms with E-state index in [1.807, 2.05) is 72.8 Å². The molecule has 0 spiro atoms. The number of ether oxygens (including phenoxy) is 1. The molecule has 2 nitrogen and oxygen atoms in total. The highest BCUT2D eigenvalue weighted by molar-refractivity contribution is 5.89. The number of hydrogen-bond acceptors (Lipinski definition) is 2. The highest BCUT2D eigenvalue weighted by Gasteiger charge is 2.20. The van der Waals surface area contributed by atoms with Crippen molar-refractivity contribution in [3.63, 3.8) is 0 Å². The van der Waals surface area contributed by atoms with Gasteiger partial charge in [-0.1, -0.05) is 60.7 Å². The quantitative estimate of drug-likeness (QED) is 0.697. The van der Waals surface area contributed by atoms with E-state index >= 15 is 0 Å². The van der Waals surface area contributed by atoms with Crippen molar-refractivity contribution < 1.29 is 9.84 Å². The Morgan fingerprint density at radius 1 is 0.857 bits per heavy atom. The normalized spacial score (nSPS) is 16.5. The van der Waals surface area contributed by atoms with Gasteiger partial charge in [-0.15, -0.1) is 0 Å². The molecule has 0 aromatic heterocycles. The first kappa shape index (κ1) is 12.0. The van der Waals surface area contributed by atoms with Crippen molar-refractivity contribution in [2.24, 2.45) is 0 Å². The molecule has 4 rings (SSSR count). The molecule has 3 aromatic rings. The van der Waals surface area contributed by atoms with Crippen LogP contribution in [0.2, 0.25) is 0 Å². The van der Waals surface area contributed by atoms with Crippen LogP contribution in [0.5, 0.6) is 11.5 Å². The second-order valence-electron chi connectivity index (χ2n) is 5.16. The smallest absolute Gasteiger partial charge is 0.146 e. The van der Waals surface area contributed by atoms with Crippen molar-refractivity contribution in [2.75, 3.05) is 0 Å². The summed E-state index contributed by atoms with van der Waals surface area (Å²) in [6.07, 6.45) is 3.76. The highest BCUT2D eigenvalue weighted by atomic mass is 16.5. The summed E-state index contributed by atoms with van der Waals surface area (Å²) in [6, 6.07) is 19.7. The molecule has 1 atom stereocenters. The van der Waals surface area contributed by atoms with Crippen LogP contribution in [0.25, 0.3) is 16.8 Å². The summed E-state index contributed by atoms with van der Waals surface area (Å²) in [4.78, 5) is 0. The number of benzene rings is 3. The zero-order valence-electron chi connectivity index (χ0n) is 11.4. The maximum Gasteiger partial charge on any atom is 0.146 e. The molecule has 0 radical (unpaired) electrons. The van der Waals surface area contributed by atoms with Crippen molar-refractivity contribution in [3.8, 4) is 11.5 Å². The molecule has 1 unspecified atom stereocenters. The summed E-state index contributed by atoms with van der Waals surface area (Å²) in [5.74, 6) is 1.14. The van der Waals surface area contributed by atoms with E-state index in [1.54, 1.807) is 0 Å². The van der Waals surface area contributed by atoms with Gasteiger partial charge in [0, 0.05) is 16.5 Å². The van der Waals surface area contributed by atoms with Crippen LogP contribution in [0.4, 0.5) is 0 Å².